The Morgan fingerprint density at radius 1 is 0.667 bits per heavy atom. The van der Waals surface area contributed by atoms with Crippen molar-refractivity contribution in [3.05, 3.63) is 52.6 Å². The van der Waals surface area contributed by atoms with E-state index < -0.39 is 0 Å². The maximum atomic E-state index is 2.00. The summed E-state index contributed by atoms with van der Waals surface area (Å²) in [4.78, 5) is 0. The van der Waals surface area contributed by atoms with E-state index in [1.807, 2.05) is 30.3 Å². The van der Waals surface area contributed by atoms with Gasteiger partial charge in [0.2, 0.25) is 0 Å². The Morgan fingerprint density at radius 2 is 0.917 bits per heavy atom. The standard InChI is InChI=1S/C5H5.3CH3.3ClH.Zr/c1-2-4-5-3-1;;;;;;;/h1-5H;3*1H3;3*1H;/q4*-1;;;;+4. The van der Waals surface area contributed by atoms with Crippen molar-refractivity contribution < 1.29 is 26.2 Å². The third-order valence-electron chi connectivity index (χ3n) is 0.556. The third-order valence-corrected chi connectivity index (χ3v) is 0.556. The fraction of sp³-hybridized carbons (Fsp3) is 0. The molecule has 0 heterocycles. The number of halogens is 3. The van der Waals surface area contributed by atoms with Gasteiger partial charge in [-0.25, -0.2) is 12.1 Å². The molecule has 0 aromatic heterocycles. The van der Waals surface area contributed by atoms with Gasteiger partial charge < -0.3 is 22.3 Å². The predicted molar refractivity (Wildman–Crippen MR) is 63.0 cm³/mol. The minimum absolute atomic E-state index is 0. The molecule has 0 bridgehead atoms. The van der Waals surface area contributed by atoms with Gasteiger partial charge in [0, 0.05) is 0 Å². The van der Waals surface area contributed by atoms with E-state index in [-0.39, 0.29) is 85.7 Å². The molecular formula is C8H17Cl3Zr. The first-order valence-electron chi connectivity index (χ1n) is 1.67. The average Bonchev–Trinajstić information content (AvgIpc) is 1.76. The SMILES string of the molecule is Cl.Cl.Cl.[CH3-].[CH3-].[CH3-].[Zr+4].c1cc[cH-]c1. The van der Waals surface area contributed by atoms with E-state index in [1.54, 1.807) is 0 Å². The van der Waals surface area contributed by atoms with Gasteiger partial charge in [0.05, 0.1) is 0 Å². The fourth-order valence-electron chi connectivity index (χ4n) is 0.321. The molecule has 0 unspecified atom stereocenters. The number of hydrogen-bond acceptors (Lipinski definition) is 0. The maximum Gasteiger partial charge on any atom is 4.00 e. The Hall–Kier alpha value is 1.10. The predicted octanol–water partition coefficient (Wildman–Crippen LogP) is 4.02. The van der Waals surface area contributed by atoms with Crippen LogP contribution in [0, 0.1) is 22.3 Å². The zero-order valence-electron chi connectivity index (χ0n) is 7.61. The second-order valence-corrected chi connectivity index (χ2v) is 0.962. The van der Waals surface area contributed by atoms with Gasteiger partial charge in [-0.05, 0) is 0 Å². The number of rotatable bonds is 0. The van der Waals surface area contributed by atoms with Crippen LogP contribution in [0.3, 0.4) is 0 Å². The first-order chi connectivity index (χ1) is 2.50. The molecule has 1 rings (SSSR count). The van der Waals surface area contributed by atoms with Crippen molar-refractivity contribution in [2.75, 3.05) is 0 Å². The molecule has 0 nitrogen and oxygen atoms in total. The Bertz CT molecular complexity index is 70.8. The zero-order chi connectivity index (χ0) is 3.54. The van der Waals surface area contributed by atoms with E-state index in [4.69, 9.17) is 0 Å². The molecule has 0 fully saturated rings. The van der Waals surface area contributed by atoms with Crippen LogP contribution in [0.1, 0.15) is 0 Å². The van der Waals surface area contributed by atoms with E-state index >= 15 is 0 Å². The van der Waals surface area contributed by atoms with Gasteiger partial charge in [-0.3, -0.25) is 0 Å². The summed E-state index contributed by atoms with van der Waals surface area (Å²) < 4.78 is 0. The normalized spacial score (nSPS) is 3.33. The second kappa shape index (κ2) is 40.1. The molecule has 0 atom stereocenters. The topological polar surface area (TPSA) is 0 Å². The Kier molecular flexibility index (Phi) is 172. The molecule has 1 aromatic carbocycles. The van der Waals surface area contributed by atoms with E-state index in [9.17, 15) is 0 Å². The molecular weight excluding hydrogens is 294 g/mol. The summed E-state index contributed by atoms with van der Waals surface area (Å²) in [6.07, 6.45) is 0. The minimum Gasteiger partial charge on any atom is -0.358 e. The van der Waals surface area contributed by atoms with Crippen LogP contribution < -0.4 is 0 Å². The summed E-state index contributed by atoms with van der Waals surface area (Å²) in [5, 5.41) is 0. The molecule has 12 heavy (non-hydrogen) atoms. The second-order valence-electron chi connectivity index (χ2n) is 0.962. The summed E-state index contributed by atoms with van der Waals surface area (Å²) in [7, 11) is 0. The van der Waals surface area contributed by atoms with Crippen LogP contribution >= 0.6 is 37.2 Å². The van der Waals surface area contributed by atoms with Gasteiger partial charge in [-0.1, -0.05) is 0 Å². The maximum absolute atomic E-state index is 2.00. The molecule has 0 aliphatic heterocycles. The van der Waals surface area contributed by atoms with E-state index in [2.05, 4.69) is 0 Å². The van der Waals surface area contributed by atoms with Crippen LogP contribution in [0.4, 0.5) is 0 Å². The summed E-state index contributed by atoms with van der Waals surface area (Å²) >= 11 is 0. The van der Waals surface area contributed by atoms with Crippen molar-refractivity contribution in [1.29, 1.82) is 0 Å². The van der Waals surface area contributed by atoms with Gasteiger partial charge in [-0.15, -0.1) is 37.2 Å². The molecule has 0 radical (unpaired) electrons. The van der Waals surface area contributed by atoms with Crippen molar-refractivity contribution in [3.8, 4) is 0 Å². The van der Waals surface area contributed by atoms with Gasteiger partial charge in [0.15, 0.2) is 0 Å². The molecule has 74 valence electrons. The van der Waals surface area contributed by atoms with Crippen LogP contribution in [0.5, 0.6) is 0 Å². The quantitative estimate of drug-likeness (QED) is 0.635. The molecule has 0 N–H and O–H groups in total. The first-order valence-corrected chi connectivity index (χ1v) is 1.67. The van der Waals surface area contributed by atoms with E-state index in [0.717, 1.165) is 0 Å². The van der Waals surface area contributed by atoms with Crippen molar-refractivity contribution in [2.45, 2.75) is 0 Å². The average molecular weight is 311 g/mol. The van der Waals surface area contributed by atoms with Gasteiger partial charge in [0.25, 0.3) is 0 Å². The van der Waals surface area contributed by atoms with Crippen molar-refractivity contribution in [3.63, 3.8) is 0 Å². The Morgan fingerprint density at radius 3 is 1.00 bits per heavy atom. The van der Waals surface area contributed by atoms with Crippen molar-refractivity contribution in [1.82, 2.24) is 0 Å². The van der Waals surface area contributed by atoms with E-state index in [1.165, 1.54) is 0 Å². The Balaban J connectivity index is -0.00000000714. The largest absolute Gasteiger partial charge is 4.00 e. The van der Waals surface area contributed by atoms with Crippen LogP contribution in [-0.4, -0.2) is 0 Å². The summed E-state index contributed by atoms with van der Waals surface area (Å²) in [5.41, 5.74) is 0. The fourth-order valence-corrected chi connectivity index (χ4v) is 0.321. The molecule has 1 aromatic rings. The summed E-state index contributed by atoms with van der Waals surface area (Å²) in [6, 6.07) is 10.0. The summed E-state index contributed by atoms with van der Waals surface area (Å²) in [6.45, 7) is 0. The van der Waals surface area contributed by atoms with Crippen LogP contribution in [0.25, 0.3) is 0 Å². The van der Waals surface area contributed by atoms with Crippen molar-refractivity contribution in [2.24, 2.45) is 0 Å². The van der Waals surface area contributed by atoms with Gasteiger partial charge in [-0.2, -0.15) is 18.2 Å². The van der Waals surface area contributed by atoms with Crippen LogP contribution in [0.15, 0.2) is 30.3 Å². The monoisotopic (exact) mass is 308 g/mol. The van der Waals surface area contributed by atoms with Crippen molar-refractivity contribution >= 4 is 37.2 Å². The molecule has 0 saturated heterocycles. The van der Waals surface area contributed by atoms with Gasteiger partial charge >= 0.3 is 26.2 Å². The third kappa shape index (κ3) is 30.4. The van der Waals surface area contributed by atoms with Crippen LogP contribution in [0.2, 0.25) is 0 Å². The molecule has 0 aliphatic carbocycles. The molecule has 0 saturated carbocycles. The zero-order valence-corrected chi connectivity index (χ0v) is 12.5. The molecule has 0 amide bonds. The van der Waals surface area contributed by atoms with Gasteiger partial charge in [0.1, 0.15) is 0 Å². The molecule has 4 heteroatoms. The van der Waals surface area contributed by atoms with Crippen LogP contribution in [-0.2, 0) is 26.2 Å². The summed E-state index contributed by atoms with van der Waals surface area (Å²) in [5.74, 6) is 0. The minimum atomic E-state index is 0. The number of hydrogen-bond donors (Lipinski definition) is 0. The smallest absolute Gasteiger partial charge is 0.358 e. The first kappa shape index (κ1) is 51.5. The molecule has 0 spiro atoms. The Labute approximate surface area is 115 Å². The van der Waals surface area contributed by atoms with E-state index in [0.29, 0.717) is 0 Å². The molecule has 0 aliphatic rings.